The van der Waals surface area contributed by atoms with Crippen LogP contribution in [0.4, 0.5) is 0 Å². The Hall–Kier alpha value is -1.13. The van der Waals surface area contributed by atoms with Crippen molar-refractivity contribution in [3.63, 3.8) is 0 Å². The van der Waals surface area contributed by atoms with Gasteiger partial charge in [-0.3, -0.25) is 9.78 Å². The molecule has 1 aromatic rings. The molecule has 0 bridgehead atoms. The monoisotopic (exact) mass is 269 g/mol. The molecule has 1 atom stereocenters. The molecule has 100 valence electrons. The highest BCUT2D eigenvalue weighted by atomic mass is 35.5. The predicted molar refractivity (Wildman–Crippen MR) is 73.8 cm³/mol. The Morgan fingerprint density at radius 3 is 3.06 bits per heavy atom. The predicted octanol–water partition coefficient (Wildman–Crippen LogP) is 1.30. The fraction of sp³-hybridized carbons (Fsp3) is 0.538. The second kappa shape index (κ2) is 8.06. The Bertz CT molecular complexity index is 353. The van der Waals surface area contributed by atoms with E-state index in [0.717, 1.165) is 44.5 Å². The van der Waals surface area contributed by atoms with Gasteiger partial charge in [0.05, 0.1) is 6.04 Å². The average molecular weight is 270 g/mol. The first-order valence-electron chi connectivity index (χ1n) is 6.27. The van der Waals surface area contributed by atoms with Gasteiger partial charge >= 0.3 is 0 Å². The molecule has 2 heterocycles. The molecular weight excluding hydrogens is 250 g/mol. The molecule has 0 spiro atoms. The zero-order valence-electron chi connectivity index (χ0n) is 10.4. The first-order valence-corrected chi connectivity index (χ1v) is 6.27. The third kappa shape index (κ3) is 4.63. The third-order valence-electron chi connectivity index (χ3n) is 3.01. The molecule has 1 saturated heterocycles. The van der Waals surface area contributed by atoms with E-state index in [9.17, 15) is 4.79 Å². The minimum absolute atomic E-state index is 0. The molecule has 18 heavy (non-hydrogen) atoms. The summed E-state index contributed by atoms with van der Waals surface area (Å²) in [5.74, 6) is 0.142. The number of aromatic nitrogens is 1. The van der Waals surface area contributed by atoms with Crippen LogP contribution in [0.1, 0.15) is 25.0 Å². The summed E-state index contributed by atoms with van der Waals surface area (Å²) in [6, 6.07) is 5.95. The fourth-order valence-corrected chi connectivity index (χ4v) is 2.06. The lowest BCUT2D eigenvalue weighted by atomic mass is 10.2. The van der Waals surface area contributed by atoms with Gasteiger partial charge in [-0.1, -0.05) is 6.07 Å². The van der Waals surface area contributed by atoms with Crippen LogP contribution in [-0.4, -0.2) is 30.0 Å². The quantitative estimate of drug-likeness (QED) is 0.793. The van der Waals surface area contributed by atoms with Crippen molar-refractivity contribution in [3.05, 3.63) is 30.1 Å². The molecule has 0 aliphatic carbocycles. The van der Waals surface area contributed by atoms with Gasteiger partial charge in [0.2, 0.25) is 5.91 Å². The summed E-state index contributed by atoms with van der Waals surface area (Å²) in [5, 5.41) is 6.16. The second-order valence-electron chi connectivity index (χ2n) is 4.36. The van der Waals surface area contributed by atoms with Gasteiger partial charge < -0.3 is 10.6 Å². The van der Waals surface area contributed by atoms with Crippen LogP contribution in [0.5, 0.6) is 0 Å². The van der Waals surface area contributed by atoms with Gasteiger partial charge in [-0.25, -0.2) is 0 Å². The van der Waals surface area contributed by atoms with Crippen molar-refractivity contribution in [1.29, 1.82) is 0 Å². The lowest BCUT2D eigenvalue weighted by molar-refractivity contribution is -0.122. The van der Waals surface area contributed by atoms with Gasteiger partial charge in [0.1, 0.15) is 0 Å². The summed E-state index contributed by atoms with van der Waals surface area (Å²) in [4.78, 5) is 15.9. The number of amides is 1. The van der Waals surface area contributed by atoms with E-state index in [-0.39, 0.29) is 24.4 Å². The Labute approximate surface area is 114 Å². The Kier molecular flexibility index (Phi) is 6.68. The van der Waals surface area contributed by atoms with E-state index >= 15 is 0 Å². The fourth-order valence-electron chi connectivity index (χ4n) is 2.06. The lowest BCUT2D eigenvalue weighted by Crippen LogP contribution is -2.40. The molecular formula is C13H20ClN3O. The number of nitrogens with one attached hydrogen (secondary N) is 2. The highest BCUT2D eigenvalue weighted by molar-refractivity contribution is 5.85. The first-order chi connectivity index (χ1) is 8.36. The largest absolute Gasteiger partial charge is 0.355 e. The van der Waals surface area contributed by atoms with Gasteiger partial charge in [-0.15, -0.1) is 12.4 Å². The summed E-state index contributed by atoms with van der Waals surface area (Å²) in [7, 11) is 0. The first kappa shape index (κ1) is 14.9. The van der Waals surface area contributed by atoms with E-state index in [1.807, 2.05) is 18.2 Å². The molecule has 4 nitrogen and oxygen atoms in total. The lowest BCUT2D eigenvalue weighted by Gasteiger charge is -2.10. The van der Waals surface area contributed by atoms with E-state index in [4.69, 9.17) is 0 Å². The number of aryl methyl sites for hydroxylation is 1. The molecule has 1 aliphatic rings. The maximum Gasteiger partial charge on any atom is 0.237 e. The number of rotatable bonds is 5. The van der Waals surface area contributed by atoms with Crippen molar-refractivity contribution >= 4 is 18.3 Å². The second-order valence-corrected chi connectivity index (χ2v) is 4.36. The van der Waals surface area contributed by atoms with Crippen LogP contribution < -0.4 is 10.6 Å². The van der Waals surface area contributed by atoms with Crippen molar-refractivity contribution in [2.75, 3.05) is 13.1 Å². The van der Waals surface area contributed by atoms with E-state index in [0.29, 0.717) is 0 Å². The number of nitrogens with zero attached hydrogens (tertiary/aromatic N) is 1. The topological polar surface area (TPSA) is 54.0 Å². The summed E-state index contributed by atoms with van der Waals surface area (Å²) < 4.78 is 0. The molecule has 0 aromatic carbocycles. The summed E-state index contributed by atoms with van der Waals surface area (Å²) in [5.41, 5.74) is 1.08. The Balaban J connectivity index is 0.00000162. The summed E-state index contributed by atoms with van der Waals surface area (Å²) in [6.45, 7) is 1.69. The smallest absolute Gasteiger partial charge is 0.237 e. The van der Waals surface area contributed by atoms with Gasteiger partial charge in [0, 0.05) is 18.4 Å². The van der Waals surface area contributed by atoms with Crippen LogP contribution in [0.3, 0.4) is 0 Å². The molecule has 0 saturated carbocycles. The number of halogens is 1. The summed E-state index contributed by atoms with van der Waals surface area (Å²) >= 11 is 0. The summed E-state index contributed by atoms with van der Waals surface area (Å²) in [6.07, 6.45) is 5.73. The molecule has 2 N–H and O–H groups in total. The number of carbonyl (C=O) groups excluding carboxylic acids is 1. The number of carbonyl (C=O) groups is 1. The molecule has 1 fully saturated rings. The van der Waals surface area contributed by atoms with Crippen molar-refractivity contribution < 1.29 is 4.79 Å². The molecule has 1 unspecified atom stereocenters. The molecule has 1 amide bonds. The van der Waals surface area contributed by atoms with Gasteiger partial charge in [-0.2, -0.15) is 0 Å². The molecule has 2 rings (SSSR count). The van der Waals surface area contributed by atoms with E-state index < -0.39 is 0 Å². The zero-order valence-corrected chi connectivity index (χ0v) is 11.2. The van der Waals surface area contributed by atoms with Crippen LogP contribution in [0.2, 0.25) is 0 Å². The van der Waals surface area contributed by atoms with Crippen LogP contribution in [0.15, 0.2) is 24.4 Å². The van der Waals surface area contributed by atoms with Gasteiger partial charge in [0.25, 0.3) is 0 Å². The van der Waals surface area contributed by atoms with Crippen LogP contribution >= 0.6 is 12.4 Å². The number of hydrogen-bond acceptors (Lipinski definition) is 3. The highest BCUT2D eigenvalue weighted by Crippen LogP contribution is 2.04. The average Bonchev–Trinajstić information content (AvgIpc) is 2.89. The molecule has 5 heteroatoms. The maximum absolute atomic E-state index is 11.7. The molecule has 0 radical (unpaired) electrons. The van der Waals surface area contributed by atoms with Crippen molar-refractivity contribution in [2.45, 2.75) is 31.7 Å². The highest BCUT2D eigenvalue weighted by Gasteiger charge is 2.20. The zero-order chi connectivity index (χ0) is 11.9. The molecule has 1 aliphatic heterocycles. The minimum Gasteiger partial charge on any atom is -0.355 e. The third-order valence-corrected chi connectivity index (χ3v) is 3.01. The number of hydrogen-bond donors (Lipinski definition) is 2. The Morgan fingerprint density at radius 1 is 1.50 bits per heavy atom. The SMILES string of the molecule is Cl.O=C(NCCCc1ccccn1)C1CCCN1. The number of pyridine rings is 1. The van der Waals surface area contributed by atoms with Crippen LogP contribution in [-0.2, 0) is 11.2 Å². The van der Waals surface area contributed by atoms with Crippen molar-refractivity contribution in [3.8, 4) is 0 Å². The van der Waals surface area contributed by atoms with E-state index in [1.165, 1.54) is 0 Å². The maximum atomic E-state index is 11.7. The van der Waals surface area contributed by atoms with Crippen molar-refractivity contribution in [2.24, 2.45) is 0 Å². The van der Waals surface area contributed by atoms with Crippen LogP contribution in [0.25, 0.3) is 0 Å². The molecule has 1 aromatic heterocycles. The van der Waals surface area contributed by atoms with Crippen molar-refractivity contribution in [1.82, 2.24) is 15.6 Å². The van der Waals surface area contributed by atoms with E-state index in [1.54, 1.807) is 6.20 Å². The normalized spacial score (nSPS) is 18.1. The van der Waals surface area contributed by atoms with Crippen LogP contribution in [0, 0.1) is 0 Å². The minimum atomic E-state index is 0. The standard InChI is InChI=1S/C13H19N3O.ClH/c17-13(12-7-4-9-15-12)16-10-3-6-11-5-1-2-8-14-11;/h1-2,5,8,12,15H,3-4,6-7,9-10H2,(H,16,17);1H. The Morgan fingerprint density at radius 2 is 2.39 bits per heavy atom. The van der Waals surface area contributed by atoms with Gasteiger partial charge in [0.15, 0.2) is 0 Å². The van der Waals surface area contributed by atoms with E-state index in [2.05, 4.69) is 15.6 Å². The van der Waals surface area contributed by atoms with Gasteiger partial charge in [-0.05, 0) is 44.4 Å².